The molecule has 0 spiro atoms. The molecule has 2 rings (SSSR count). The second-order valence-corrected chi connectivity index (χ2v) is 5.42. The zero-order valence-electron chi connectivity index (χ0n) is 11.3. The number of benzene rings is 1. The zero-order valence-corrected chi connectivity index (χ0v) is 11.3. The molecule has 1 atom stereocenters. The molecule has 0 radical (unpaired) electrons. The Kier molecular flexibility index (Phi) is 3.71. The minimum atomic E-state index is -0.746. The van der Waals surface area contributed by atoms with Gasteiger partial charge >= 0.3 is 5.97 Å². The first kappa shape index (κ1) is 13.1. The third-order valence-electron chi connectivity index (χ3n) is 3.73. The summed E-state index contributed by atoms with van der Waals surface area (Å²) in [5, 5.41) is 9.05. The van der Waals surface area contributed by atoms with Crippen LogP contribution in [0.15, 0.2) is 18.2 Å². The average Bonchev–Trinajstić information content (AvgIpc) is 2.68. The van der Waals surface area contributed by atoms with Crippen molar-refractivity contribution < 1.29 is 9.90 Å². The van der Waals surface area contributed by atoms with Gasteiger partial charge in [0.25, 0.3) is 0 Å². The van der Waals surface area contributed by atoms with Crippen LogP contribution in [0.4, 0.5) is 0 Å². The van der Waals surface area contributed by atoms with E-state index in [1.54, 1.807) is 0 Å². The second-order valence-electron chi connectivity index (χ2n) is 5.42. The van der Waals surface area contributed by atoms with E-state index in [0.29, 0.717) is 0 Å². The summed E-state index contributed by atoms with van der Waals surface area (Å²) >= 11 is 0. The molecule has 3 nitrogen and oxygen atoms in total. The minimum Gasteiger partial charge on any atom is -0.480 e. The van der Waals surface area contributed by atoms with Crippen LogP contribution in [0.2, 0.25) is 0 Å². The number of hydrogen-bond acceptors (Lipinski definition) is 2. The predicted octanol–water partition coefficient (Wildman–Crippen LogP) is 2.78. The molecule has 0 aliphatic heterocycles. The third-order valence-corrected chi connectivity index (χ3v) is 3.73. The Bertz CT molecular complexity index is 454. The van der Waals surface area contributed by atoms with Crippen LogP contribution in [-0.4, -0.2) is 28.6 Å². The van der Waals surface area contributed by atoms with Gasteiger partial charge in [-0.15, -0.1) is 0 Å². The van der Waals surface area contributed by atoms with E-state index in [-0.39, 0.29) is 18.6 Å². The minimum absolute atomic E-state index is 0.121. The molecule has 0 heterocycles. The van der Waals surface area contributed by atoms with Crippen LogP contribution in [0.25, 0.3) is 0 Å². The van der Waals surface area contributed by atoms with Crippen molar-refractivity contribution in [2.24, 2.45) is 0 Å². The van der Waals surface area contributed by atoms with Crippen molar-refractivity contribution >= 4 is 5.97 Å². The topological polar surface area (TPSA) is 40.5 Å². The maximum atomic E-state index is 11.0. The summed E-state index contributed by atoms with van der Waals surface area (Å²) in [6, 6.07) is 7.04. The molecule has 0 fully saturated rings. The monoisotopic (exact) mass is 247 g/mol. The normalized spacial score (nSPS) is 18.4. The second kappa shape index (κ2) is 5.11. The summed E-state index contributed by atoms with van der Waals surface area (Å²) in [6.45, 7) is 6.34. The lowest BCUT2D eigenvalue weighted by Crippen LogP contribution is -2.38. The first-order chi connectivity index (χ1) is 8.49. The van der Waals surface area contributed by atoms with E-state index < -0.39 is 5.97 Å². The van der Waals surface area contributed by atoms with E-state index in [1.165, 1.54) is 16.7 Å². The Hall–Kier alpha value is -1.35. The van der Waals surface area contributed by atoms with Crippen molar-refractivity contribution in [1.82, 2.24) is 4.90 Å². The fourth-order valence-corrected chi connectivity index (χ4v) is 2.85. The van der Waals surface area contributed by atoms with Gasteiger partial charge in [0.2, 0.25) is 0 Å². The van der Waals surface area contributed by atoms with Crippen molar-refractivity contribution in [3.63, 3.8) is 0 Å². The van der Waals surface area contributed by atoms with Gasteiger partial charge in [-0.1, -0.05) is 23.8 Å². The molecule has 18 heavy (non-hydrogen) atoms. The highest BCUT2D eigenvalue weighted by molar-refractivity contribution is 5.69. The van der Waals surface area contributed by atoms with Crippen LogP contribution < -0.4 is 0 Å². The molecular formula is C15H21NO2. The number of carboxylic acid groups (broad SMARTS) is 1. The molecule has 0 amide bonds. The standard InChI is InChI=1S/C15H21NO2/c1-10(2)16(9-15(17)18)14-7-6-12-5-4-11(3)8-13(12)14/h4-5,8,10,14H,6-7,9H2,1-3H3,(H,17,18). The van der Waals surface area contributed by atoms with Gasteiger partial charge in [0, 0.05) is 12.1 Å². The molecular weight excluding hydrogens is 226 g/mol. The molecule has 98 valence electrons. The molecule has 1 aromatic rings. The van der Waals surface area contributed by atoms with Gasteiger partial charge in [-0.05, 0) is 44.7 Å². The first-order valence-corrected chi connectivity index (χ1v) is 6.56. The van der Waals surface area contributed by atoms with Gasteiger partial charge in [-0.3, -0.25) is 9.69 Å². The Morgan fingerprint density at radius 3 is 2.83 bits per heavy atom. The van der Waals surface area contributed by atoms with Crippen LogP contribution >= 0.6 is 0 Å². The SMILES string of the molecule is Cc1ccc2c(c1)C(N(CC(=O)O)C(C)C)CC2. The number of carboxylic acids is 1. The van der Waals surface area contributed by atoms with Crippen molar-refractivity contribution in [3.05, 3.63) is 34.9 Å². The quantitative estimate of drug-likeness (QED) is 0.889. The zero-order chi connectivity index (χ0) is 13.3. The molecule has 1 aromatic carbocycles. The maximum absolute atomic E-state index is 11.0. The lowest BCUT2D eigenvalue weighted by atomic mass is 10.0. The molecule has 1 N–H and O–H groups in total. The van der Waals surface area contributed by atoms with Crippen LogP contribution in [0.3, 0.4) is 0 Å². The molecule has 0 bridgehead atoms. The Labute approximate surface area is 108 Å². The summed E-state index contributed by atoms with van der Waals surface area (Å²) in [6.07, 6.45) is 2.09. The summed E-state index contributed by atoms with van der Waals surface area (Å²) < 4.78 is 0. The van der Waals surface area contributed by atoms with E-state index in [9.17, 15) is 4.79 Å². The number of aryl methyl sites for hydroxylation is 2. The molecule has 1 unspecified atom stereocenters. The van der Waals surface area contributed by atoms with E-state index in [0.717, 1.165) is 12.8 Å². The predicted molar refractivity (Wildman–Crippen MR) is 71.7 cm³/mol. The summed E-state index contributed by atoms with van der Waals surface area (Å²) in [7, 11) is 0. The first-order valence-electron chi connectivity index (χ1n) is 6.56. The maximum Gasteiger partial charge on any atom is 0.317 e. The number of hydrogen-bond donors (Lipinski definition) is 1. The summed E-state index contributed by atoms with van der Waals surface area (Å²) in [4.78, 5) is 13.1. The van der Waals surface area contributed by atoms with Crippen LogP contribution in [-0.2, 0) is 11.2 Å². The van der Waals surface area contributed by atoms with E-state index in [1.807, 2.05) is 0 Å². The third kappa shape index (κ3) is 2.56. The van der Waals surface area contributed by atoms with E-state index in [2.05, 4.69) is 43.9 Å². The van der Waals surface area contributed by atoms with Crippen LogP contribution in [0.5, 0.6) is 0 Å². The number of aliphatic carboxylic acids is 1. The number of nitrogens with zero attached hydrogens (tertiary/aromatic N) is 1. The van der Waals surface area contributed by atoms with Crippen molar-refractivity contribution in [3.8, 4) is 0 Å². The Morgan fingerprint density at radius 1 is 1.50 bits per heavy atom. The highest BCUT2D eigenvalue weighted by Gasteiger charge is 2.30. The fourth-order valence-electron chi connectivity index (χ4n) is 2.85. The van der Waals surface area contributed by atoms with Gasteiger partial charge in [-0.25, -0.2) is 0 Å². The number of carbonyl (C=O) groups is 1. The molecule has 3 heteroatoms. The number of fused-ring (bicyclic) bond motifs is 1. The molecule has 0 aromatic heterocycles. The van der Waals surface area contributed by atoms with E-state index >= 15 is 0 Å². The molecule has 1 aliphatic carbocycles. The smallest absolute Gasteiger partial charge is 0.317 e. The van der Waals surface area contributed by atoms with Gasteiger partial charge < -0.3 is 5.11 Å². The van der Waals surface area contributed by atoms with Crippen LogP contribution in [0.1, 0.15) is 43.0 Å². The van der Waals surface area contributed by atoms with Crippen molar-refractivity contribution in [2.45, 2.75) is 45.7 Å². The molecule has 0 saturated carbocycles. The highest BCUT2D eigenvalue weighted by Crippen LogP contribution is 2.37. The molecule has 1 aliphatic rings. The van der Waals surface area contributed by atoms with E-state index in [4.69, 9.17) is 5.11 Å². The Morgan fingerprint density at radius 2 is 2.22 bits per heavy atom. The Balaban J connectivity index is 2.29. The summed E-state index contributed by atoms with van der Waals surface area (Å²) in [5.74, 6) is -0.746. The van der Waals surface area contributed by atoms with Gasteiger partial charge in [0.1, 0.15) is 0 Å². The summed E-state index contributed by atoms with van der Waals surface area (Å²) in [5.41, 5.74) is 3.95. The average molecular weight is 247 g/mol. The molecule has 0 saturated heterocycles. The fraction of sp³-hybridized carbons (Fsp3) is 0.533. The van der Waals surface area contributed by atoms with Gasteiger partial charge in [0.15, 0.2) is 0 Å². The highest BCUT2D eigenvalue weighted by atomic mass is 16.4. The van der Waals surface area contributed by atoms with Crippen molar-refractivity contribution in [2.75, 3.05) is 6.54 Å². The van der Waals surface area contributed by atoms with Gasteiger partial charge in [-0.2, -0.15) is 0 Å². The van der Waals surface area contributed by atoms with Crippen LogP contribution in [0, 0.1) is 6.92 Å². The lowest BCUT2D eigenvalue weighted by molar-refractivity contribution is -0.139. The lowest BCUT2D eigenvalue weighted by Gasteiger charge is -2.31. The largest absolute Gasteiger partial charge is 0.480 e. The van der Waals surface area contributed by atoms with Crippen molar-refractivity contribution in [1.29, 1.82) is 0 Å². The van der Waals surface area contributed by atoms with Gasteiger partial charge in [0.05, 0.1) is 6.54 Å². The number of rotatable bonds is 4.